The highest BCUT2D eigenvalue weighted by molar-refractivity contribution is 7.92. The lowest BCUT2D eigenvalue weighted by atomic mass is 9.86. The van der Waals surface area contributed by atoms with E-state index in [4.69, 9.17) is 0 Å². The second-order valence-electron chi connectivity index (χ2n) is 6.86. The molecule has 0 aromatic heterocycles. The molecule has 1 atom stereocenters. The van der Waals surface area contributed by atoms with Crippen LogP contribution in [0.15, 0.2) is 24.3 Å². The van der Waals surface area contributed by atoms with E-state index in [-0.39, 0.29) is 22.5 Å². The van der Waals surface area contributed by atoms with Gasteiger partial charge in [0.05, 0.1) is 11.0 Å². The van der Waals surface area contributed by atoms with Crippen LogP contribution in [0, 0.1) is 0 Å². The second-order valence-corrected chi connectivity index (χ2v) is 9.46. The lowest BCUT2D eigenvalue weighted by molar-refractivity contribution is 0.551. The van der Waals surface area contributed by atoms with Gasteiger partial charge in [-0.2, -0.15) is 0 Å². The minimum absolute atomic E-state index is 0.107. The Kier molecular flexibility index (Phi) is 6.00. The maximum atomic E-state index is 12.2. The first-order valence-electron chi connectivity index (χ1n) is 7.63. The minimum Gasteiger partial charge on any atom is -0.309 e. The minimum atomic E-state index is -3.07. The van der Waals surface area contributed by atoms with Crippen LogP contribution >= 0.6 is 0 Å². The first kappa shape index (κ1) is 18.2. The molecule has 1 rings (SSSR count). The Hall–Kier alpha value is -0.870. The van der Waals surface area contributed by atoms with Crippen LogP contribution < -0.4 is 5.32 Å². The van der Waals surface area contributed by atoms with Crippen molar-refractivity contribution in [1.29, 1.82) is 0 Å². The van der Waals surface area contributed by atoms with Crippen molar-refractivity contribution in [2.75, 3.05) is 12.3 Å². The van der Waals surface area contributed by atoms with Gasteiger partial charge in [-0.05, 0) is 36.9 Å². The number of nitrogens with one attached hydrogen (secondary N) is 1. The topological polar surface area (TPSA) is 46.2 Å². The molecule has 21 heavy (non-hydrogen) atoms. The Labute approximate surface area is 130 Å². The fraction of sp³-hybridized carbons (Fsp3) is 0.647. The Balaban J connectivity index is 3.01. The zero-order chi connectivity index (χ0) is 16.3. The van der Waals surface area contributed by atoms with Crippen molar-refractivity contribution in [2.24, 2.45) is 0 Å². The molecule has 0 saturated heterocycles. The normalized spacial score (nSPS) is 14.4. The molecule has 1 aromatic carbocycles. The van der Waals surface area contributed by atoms with Crippen molar-refractivity contribution < 1.29 is 8.42 Å². The Morgan fingerprint density at radius 2 is 1.62 bits per heavy atom. The summed E-state index contributed by atoms with van der Waals surface area (Å²) in [7, 11) is -3.07. The summed E-state index contributed by atoms with van der Waals surface area (Å²) in [6.07, 6.45) is 0. The van der Waals surface area contributed by atoms with Crippen LogP contribution in [0.1, 0.15) is 58.7 Å². The van der Waals surface area contributed by atoms with Gasteiger partial charge in [-0.3, -0.25) is 0 Å². The average Bonchev–Trinajstić information content (AvgIpc) is 2.37. The van der Waals surface area contributed by atoms with Gasteiger partial charge in [0.15, 0.2) is 9.84 Å². The van der Waals surface area contributed by atoms with Crippen LogP contribution in [0.2, 0.25) is 0 Å². The van der Waals surface area contributed by atoms with Gasteiger partial charge in [-0.25, -0.2) is 8.42 Å². The van der Waals surface area contributed by atoms with Crippen LogP contribution in [0.25, 0.3) is 0 Å². The highest BCUT2D eigenvalue weighted by Gasteiger charge is 2.23. The SMILES string of the molecule is CCNC(CS(=O)(=O)C(C)C)c1ccc(C(C)(C)C)cc1. The summed E-state index contributed by atoms with van der Waals surface area (Å²) in [4.78, 5) is 0. The molecular formula is C17H29NO2S. The summed E-state index contributed by atoms with van der Waals surface area (Å²) in [5, 5.41) is 2.95. The summed E-state index contributed by atoms with van der Waals surface area (Å²) >= 11 is 0. The van der Waals surface area contributed by atoms with Gasteiger partial charge >= 0.3 is 0 Å². The highest BCUT2D eigenvalue weighted by atomic mass is 32.2. The quantitative estimate of drug-likeness (QED) is 0.875. The first-order valence-corrected chi connectivity index (χ1v) is 9.35. The second kappa shape index (κ2) is 6.93. The standard InChI is InChI=1S/C17H29NO2S/c1-7-18-16(12-21(19,20)13(2)3)14-8-10-15(11-9-14)17(4,5)6/h8-11,13,16,18H,7,12H2,1-6H3. The monoisotopic (exact) mass is 311 g/mol. The summed E-state index contributed by atoms with van der Waals surface area (Å²) in [5.74, 6) is 0.146. The number of sulfone groups is 1. The largest absolute Gasteiger partial charge is 0.309 e. The smallest absolute Gasteiger partial charge is 0.154 e. The molecule has 0 saturated carbocycles. The van der Waals surface area contributed by atoms with E-state index in [1.165, 1.54) is 5.56 Å². The molecule has 0 radical (unpaired) electrons. The van der Waals surface area contributed by atoms with E-state index in [9.17, 15) is 8.42 Å². The molecule has 0 aliphatic rings. The van der Waals surface area contributed by atoms with E-state index in [1.54, 1.807) is 13.8 Å². The molecule has 0 amide bonds. The third-order valence-corrected chi connectivity index (χ3v) is 5.98. The van der Waals surface area contributed by atoms with Crippen LogP contribution in [0.4, 0.5) is 0 Å². The van der Waals surface area contributed by atoms with Crippen molar-refractivity contribution in [1.82, 2.24) is 5.32 Å². The number of benzene rings is 1. The van der Waals surface area contributed by atoms with Crippen LogP contribution in [0.5, 0.6) is 0 Å². The van der Waals surface area contributed by atoms with Gasteiger partial charge in [0.25, 0.3) is 0 Å². The molecule has 0 bridgehead atoms. The van der Waals surface area contributed by atoms with Crippen molar-refractivity contribution >= 4 is 9.84 Å². The first-order chi connectivity index (χ1) is 9.58. The molecule has 0 aliphatic carbocycles. The highest BCUT2D eigenvalue weighted by Crippen LogP contribution is 2.25. The van der Waals surface area contributed by atoms with Crippen molar-refractivity contribution in [3.63, 3.8) is 0 Å². The zero-order valence-electron chi connectivity index (χ0n) is 14.1. The lowest BCUT2D eigenvalue weighted by Crippen LogP contribution is -2.31. The molecule has 3 nitrogen and oxygen atoms in total. The molecule has 1 N–H and O–H groups in total. The molecule has 0 heterocycles. The molecule has 1 unspecified atom stereocenters. The van der Waals surface area contributed by atoms with E-state index in [2.05, 4.69) is 38.2 Å². The van der Waals surface area contributed by atoms with E-state index < -0.39 is 9.84 Å². The maximum Gasteiger partial charge on any atom is 0.154 e. The van der Waals surface area contributed by atoms with E-state index in [0.717, 1.165) is 12.1 Å². The molecule has 0 aliphatic heterocycles. The number of hydrogen-bond donors (Lipinski definition) is 1. The Morgan fingerprint density at radius 1 is 1.10 bits per heavy atom. The van der Waals surface area contributed by atoms with Crippen molar-refractivity contribution in [2.45, 2.75) is 58.2 Å². The van der Waals surface area contributed by atoms with Gasteiger partial charge in [0, 0.05) is 6.04 Å². The lowest BCUT2D eigenvalue weighted by Gasteiger charge is -2.23. The Morgan fingerprint density at radius 3 is 2.00 bits per heavy atom. The molecule has 1 aromatic rings. The summed E-state index contributed by atoms with van der Waals surface area (Å²) < 4.78 is 24.4. The van der Waals surface area contributed by atoms with Gasteiger partial charge in [-0.1, -0.05) is 52.0 Å². The third kappa shape index (κ3) is 5.11. The summed E-state index contributed by atoms with van der Waals surface area (Å²) in [6, 6.07) is 8.15. The summed E-state index contributed by atoms with van der Waals surface area (Å²) in [6.45, 7) is 12.7. The maximum absolute atomic E-state index is 12.2. The van der Waals surface area contributed by atoms with Gasteiger partial charge < -0.3 is 5.32 Å². The van der Waals surface area contributed by atoms with Crippen LogP contribution in [-0.4, -0.2) is 26.0 Å². The molecule has 0 spiro atoms. The van der Waals surface area contributed by atoms with Crippen LogP contribution in [0.3, 0.4) is 0 Å². The van der Waals surface area contributed by atoms with E-state index in [0.29, 0.717) is 0 Å². The van der Waals surface area contributed by atoms with Gasteiger partial charge in [0.1, 0.15) is 0 Å². The molecule has 4 heteroatoms. The van der Waals surface area contributed by atoms with E-state index >= 15 is 0 Å². The van der Waals surface area contributed by atoms with E-state index in [1.807, 2.05) is 19.1 Å². The van der Waals surface area contributed by atoms with Crippen molar-refractivity contribution in [3.8, 4) is 0 Å². The zero-order valence-corrected chi connectivity index (χ0v) is 14.9. The molecule has 120 valence electrons. The van der Waals surface area contributed by atoms with Gasteiger partial charge in [0.2, 0.25) is 0 Å². The van der Waals surface area contributed by atoms with Crippen LogP contribution in [-0.2, 0) is 15.3 Å². The molecular weight excluding hydrogens is 282 g/mol. The van der Waals surface area contributed by atoms with Gasteiger partial charge in [-0.15, -0.1) is 0 Å². The van der Waals surface area contributed by atoms with Crippen molar-refractivity contribution in [3.05, 3.63) is 35.4 Å². The predicted molar refractivity (Wildman–Crippen MR) is 90.5 cm³/mol. The fourth-order valence-electron chi connectivity index (χ4n) is 2.16. The predicted octanol–water partition coefficient (Wildman–Crippen LogP) is 3.46. The molecule has 0 fully saturated rings. The average molecular weight is 311 g/mol. The number of hydrogen-bond acceptors (Lipinski definition) is 3. The summed E-state index contributed by atoms with van der Waals surface area (Å²) in [5.41, 5.74) is 2.40. The Bertz CT molecular complexity index is 539. The third-order valence-electron chi connectivity index (χ3n) is 3.75. The number of rotatable bonds is 6. The fourth-order valence-corrected chi connectivity index (χ4v) is 3.32.